The number of sulfonamides is 1. The average molecular weight is 519 g/mol. The number of hydrogen-bond donors (Lipinski definition) is 0. The summed E-state index contributed by atoms with van der Waals surface area (Å²) < 4.78 is 45.4. The van der Waals surface area contributed by atoms with E-state index in [1.807, 2.05) is 26.8 Å². The second kappa shape index (κ2) is 11.1. The number of imide groups is 1. The number of aryl methyl sites for hydroxylation is 2. The van der Waals surface area contributed by atoms with Gasteiger partial charge >= 0.3 is 0 Å². The zero-order valence-electron chi connectivity index (χ0n) is 21.8. The number of anilines is 1. The first-order valence-corrected chi connectivity index (χ1v) is 13.2. The van der Waals surface area contributed by atoms with Gasteiger partial charge in [-0.15, -0.1) is 0 Å². The van der Waals surface area contributed by atoms with Crippen LogP contribution in [0.3, 0.4) is 0 Å². The Bertz CT molecular complexity index is 1210. The maximum Gasteiger partial charge on any atom is 0.252 e. The van der Waals surface area contributed by atoms with Crippen molar-refractivity contribution in [3.05, 3.63) is 52.6 Å². The zero-order chi connectivity index (χ0) is 26.8. The summed E-state index contributed by atoms with van der Waals surface area (Å²) in [6.45, 7) is 9.24. The minimum Gasteiger partial charge on any atom is -0.494 e. The SMILES string of the molecule is CCOc1ccc(N2C(=O)CC(N(CC(OC)OC)S(=O)(=O)c3c(C)c(C)cc(C)c3C)C2=O)cc1. The Balaban J connectivity index is 2.09. The Labute approximate surface area is 213 Å². The van der Waals surface area contributed by atoms with E-state index in [0.29, 0.717) is 29.2 Å². The van der Waals surface area contributed by atoms with E-state index in [1.165, 1.54) is 14.2 Å². The van der Waals surface area contributed by atoms with Crippen molar-refractivity contribution in [2.24, 2.45) is 0 Å². The van der Waals surface area contributed by atoms with Gasteiger partial charge in [-0.3, -0.25) is 9.59 Å². The molecular weight excluding hydrogens is 484 g/mol. The van der Waals surface area contributed by atoms with Gasteiger partial charge in [0, 0.05) is 14.2 Å². The number of methoxy groups -OCH3 is 2. The molecule has 0 aliphatic carbocycles. The molecule has 0 saturated carbocycles. The minimum absolute atomic E-state index is 0.130. The number of rotatable bonds is 10. The Hall–Kier alpha value is -2.79. The molecule has 1 aliphatic rings. The molecule has 0 N–H and O–H groups in total. The molecule has 1 saturated heterocycles. The second-order valence-corrected chi connectivity index (χ2v) is 10.6. The summed E-state index contributed by atoms with van der Waals surface area (Å²) in [5, 5.41) is 0. The van der Waals surface area contributed by atoms with E-state index in [1.54, 1.807) is 38.1 Å². The first-order valence-electron chi connectivity index (χ1n) is 11.7. The normalized spacial score (nSPS) is 16.5. The van der Waals surface area contributed by atoms with Gasteiger partial charge in [0.2, 0.25) is 15.9 Å². The van der Waals surface area contributed by atoms with E-state index in [9.17, 15) is 18.0 Å². The highest BCUT2D eigenvalue weighted by Crippen LogP contribution is 2.34. The third kappa shape index (κ3) is 5.17. The predicted octanol–water partition coefficient (Wildman–Crippen LogP) is 3.26. The quantitative estimate of drug-likeness (QED) is 0.351. The van der Waals surface area contributed by atoms with Crippen LogP contribution in [0.15, 0.2) is 35.2 Å². The molecule has 10 heteroatoms. The fourth-order valence-corrected chi connectivity index (χ4v) is 6.59. The van der Waals surface area contributed by atoms with Crippen LogP contribution in [0.5, 0.6) is 5.75 Å². The first-order chi connectivity index (χ1) is 17.0. The van der Waals surface area contributed by atoms with Crippen LogP contribution in [0, 0.1) is 27.7 Å². The van der Waals surface area contributed by atoms with E-state index in [0.717, 1.165) is 20.3 Å². The molecule has 0 spiro atoms. The molecule has 196 valence electrons. The van der Waals surface area contributed by atoms with Crippen LogP contribution in [0.4, 0.5) is 5.69 Å². The molecule has 1 unspecified atom stereocenters. The Morgan fingerprint density at radius 2 is 1.56 bits per heavy atom. The van der Waals surface area contributed by atoms with Crippen molar-refractivity contribution in [3.8, 4) is 5.75 Å². The van der Waals surface area contributed by atoms with Crippen LogP contribution in [-0.4, -0.2) is 64.2 Å². The number of hydrogen-bond acceptors (Lipinski definition) is 7. The molecule has 36 heavy (non-hydrogen) atoms. The molecule has 3 rings (SSSR count). The van der Waals surface area contributed by atoms with E-state index < -0.39 is 34.2 Å². The molecule has 2 aromatic carbocycles. The van der Waals surface area contributed by atoms with E-state index in [-0.39, 0.29) is 17.9 Å². The second-order valence-electron chi connectivity index (χ2n) is 8.78. The van der Waals surface area contributed by atoms with Crippen molar-refractivity contribution in [3.63, 3.8) is 0 Å². The van der Waals surface area contributed by atoms with Crippen LogP contribution in [0.25, 0.3) is 0 Å². The lowest BCUT2D eigenvalue weighted by atomic mass is 10.0. The largest absolute Gasteiger partial charge is 0.494 e. The maximum absolute atomic E-state index is 14.2. The number of ether oxygens (including phenoxy) is 3. The minimum atomic E-state index is -4.23. The maximum atomic E-state index is 14.2. The highest BCUT2D eigenvalue weighted by Gasteiger charge is 2.48. The van der Waals surface area contributed by atoms with Gasteiger partial charge in [0.05, 0.1) is 30.2 Å². The number of benzene rings is 2. The van der Waals surface area contributed by atoms with Gasteiger partial charge in [0.15, 0.2) is 6.29 Å². The number of carbonyl (C=O) groups excluding carboxylic acids is 2. The number of amides is 2. The summed E-state index contributed by atoms with van der Waals surface area (Å²) >= 11 is 0. The fourth-order valence-electron chi connectivity index (χ4n) is 4.44. The summed E-state index contributed by atoms with van der Waals surface area (Å²) in [5.74, 6) is -0.516. The number of carbonyl (C=O) groups is 2. The molecule has 1 atom stereocenters. The lowest BCUT2D eigenvalue weighted by Crippen LogP contribution is -2.49. The van der Waals surface area contributed by atoms with Crippen molar-refractivity contribution in [1.29, 1.82) is 0 Å². The van der Waals surface area contributed by atoms with Crippen LogP contribution >= 0.6 is 0 Å². The highest BCUT2D eigenvalue weighted by molar-refractivity contribution is 7.89. The molecule has 0 aromatic heterocycles. The van der Waals surface area contributed by atoms with Crippen molar-refractivity contribution in [2.75, 3.05) is 32.3 Å². The molecule has 1 aliphatic heterocycles. The van der Waals surface area contributed by atoms with Crippen molar-refractivity contribution in [1.82, 2.24) is 4.31 Å². The first kappa shape index (κ1) is 27.8. The standard InChI is InChI=1S/C26H34N2O7S/c1-8-35-21-11-9-20(10-12-21)28-23(29)14-22(26(28)30)27(15-24(33-6)34-7)36(31,32)25-18(4)16(2)13-17(3)19(25)5/h9-13,22,24H,8,14-15H2,1-7H3. The van der Waals surface area contributed by atoms with Crippen LogP contribution in [-0.2, 0) is 29.1 Å². The topological polar surface area (TPSA) is 102 Å². The van der Waals surface area contributed by atoms with Gasteiger partial charge in [-0.2, -0.15) is 4.31 Å². The molecule has 2 amide bonds. The molecule has 9 nitrogen and oxygen atoms in total. The Morgan fingerprint density at radius 3 is 2.06 bits per heavy atom. The van der Waals surface area contributed by atoms with E-state index >= 15 is 0 Å². The summed E-state index contributed by atoms with van der Waals surface area (Å²) in [5.41, 5.74) is 3.17. The average Bonchev–Trinajstić information content (AvgIpc) is 3.12. The highest BCUT2D eigenvalue weighted by atomic mass is 32.2. The third-order valence-electron chi connectivity index (χ3n) is 6.60. The Morgan fingerprint density at radius 1 is 1.00 bits per heavy atom. The van der Waals surface area contributed by atoms with Gasteiger partial charge in [0.1, 0.15) is 11.8 Å². The summed E-state index contributed by atoms with van der Waals surface area (Å²) in [7, 11) is -1.45. The van der Waals surface area contributed by atoms with Crippen LogP contribution in [0.1, 0.15) is 35.6 Å². The molecule has 1 fully saturated rings. The third-order valence-corrected chi connectivity index (χ3v) is 8.74. The van der Waals surface area contributed by atoms with Crippen molar-refractivity contribution >= 4 is 27.5 Å². The van der Waals surface area contributed by atoms with Gasteiger partial charge < -0.3 is 14.2 Å². The monoisotopic (exact) mass is 518 g/mol. The summed E-state index contributed by atoms with van der Waals surface area (Å²) in [6, 6.07) is 7.21. The molecule has 2 aromatic rings. The Kier molecular flexibility index (Phi) is 8.55. The lowest BCUT2D eigenvalue weighted by molar-refractivity contribution is -0.125. The van der Waals surface area contributed by atoms with Crippen LogP contribution in [0.2, 0.25) is 0 Å². The van der Waals surface area contributed by atoms with Crippen LogP contribution < -0.4 is 9.64 Å². The summed E-state index contributed by atoms with van der Waals surface area (Å²) in [6.07, 6.45) is -1.23. The molecular formula is C26H34N2O7S. The van der Waals surface area contributed by atoms with Gasteiger partial charge in [-0.25, -0.2) is 13.3 Å². The summed E-state index contributed by atoms with van der Waals surface area (Å²) in [4.78, 5) is 27.8. The molecule has 1 heterocycles. The van der Waals surface area contributed by atoms with Gasteiger partial charge in [0.25, 0.3) is 5.91 Å². The van der Waals surface area contributed by atoms with Crippen molar-refractivity contribution < 1.29 is 32.2 Å². The molecule has 0 radical (unpaired) electrons. The van der Waals surface area contributed by atoms with E-state index in [4.69, 9.17) is 14.2 Å². The van der Waals surface area contributed by atoms with Crippen molar-refractivity contribution in [2.45, 2.75) is 58.3 Å². The van der Waals surface area contributed by atoms with E-state index in [2.05, 4.69) is 0 Å². The van der Waals surface area contributed by atoms with Gasteiger partial charge in [-0.1, -0.05) is 6.07 Å². The lowest BCUT2D eigenvalue weighted by Gasteiger charge is -2.31. The fraction of sp³-hybridized carbons (Fsp3) is 0.462. The molecule has 0 bridgehead atoms. The smallest absolute Gasteiger partial charge is 0.252 e. The number of nitrogens with zero attached hydrogens (tertiary/aromatic N) is 2. The zero-order valence-corrected chi connectivity index (χ0v) is 22.6. The van der Waals surface area contributed by atoms with Gasteiger partial charge in [-0.05, 0) is 81.1 Å². The predicted molar refractivity (Wildman–Crippen MR) is 136 cm³/mol.